The maximum Gasteiger partial charge on any atom is 0.0600 e. The smallest absolute Gasteiger partial charge is 0.0600 e. The lowest BCUT2D eigenvalue weighted by Gasteiger charge is -2.28. The molecule has 0 aromatic heterocycles. The maximum atomic E-state index is 3.35. The summed E-state index contributed by atoms with van der Waals surface area (Å²) in [6, 6.07) is 8.39. The van der Waals surface area contributed by atoms with E-state index in [2.05, 4.69) is 41.5 Å². The molecule has 0 atom stereocenters. The first-order valence-corrected chi connectivity index (χ1v) is 3.92. The van der Waals surface area contributed by atoms with E-state index in [1.54, 1.807) is 0 Å². The fourth-order valence-corrected chi connectivity index (χ4v) is 1.43. The number of fused-ring (bicyclic) bond motifs is 1. The summed E-state index contributed by atoms with van der Waals surface area (Å²) in [5.41, 5.74) is 2.56. The summed E-state index contributed by atoms with van der Waals surface area (Å²) in [7, 11) is 2.12. The van der Waals surface area contributed by atoms with Crippen LogP contribution in [0.2, 0.25) is 0 Å². The molecule has 1 aromatic rings. The van der Waals surface area contributed by atoms with Crippen molar-refractivity contribution in [1.29, 1.82) is 0 Å². The minimum atomic E-state index is 1.05. The van der Waals surface area contributed by atoms with Gasteiger partial charge in [-0.1, -0.05) is 12.1 Å². The first-order chi connectivity index (χ1) is 5.38. The predicted molar refractivity (Wildman–Crippen MR) is 48.2 cm³/mol. The van der Waals surface area contributed by atoms with Crippen LogP contribution in [0.3, 0.4) is 0 Å². The molecule has 0 spiro atoms. The SMILES string of the molecule is CN1CCNc2ccccc21. The highest BCUT2D eigenvalue weighted by Crippen LogP contribution is 2.26. The van der Waals surface area contributed by atoms with Crippen molar-refractivity contribution in [2.45, 2.75) is 0 Å². The molecule has 2 nitrogen and oxygen atoms in total. The monoisotopic (exact) mass is 148 g/mol. The molecule has 1 aromatic carbocycles. The van der Waals surface area contributed by atoms with Gasteiger partial charge in [-0.15, -0.1) is 0 Å². The number of anilines is 2. The topological polar surface area (TPSA) is 15.3 Å². The molecule has 1 N–H and O–H groups in total. The molecule has 1 heterocycles. The molecule has 0 unspecified atom stereocenters. The fourth-order valence-electron chi connectivity index (χ4n) is 1.43. The van der Waals surface area contributed by atoms with Crippen LogP contribution in [-0.4, -0.2) is 20.1 Å². The maximum absolute atomic E-state index is 3.35. The highest BCUT2D eigenvalue weighted by atomic mass is 15.2. The highest BCUT2D eigenvalue weighted by Gasteiger charge is 2.10. The van der Waals surface area contributed by atoms with Crippen LogP contribution in [0.15, 0.2) is 24.3 Å². The van der Waals surface area contributed by atoms with E-state index < -0.39 is 0 Å². The Balaban J connectivity index is 2.44. The molecular formula is C9H12N2. The van der Waals surface area contributed by atoms with Crippen LogP contribution >= 0.6 is 0 Å². The van der Waals surface area contributed by atoms with E-state index in [0.717, 1.165) is 13.1 Å². The summed E-state index contributed by atoms with van der Waals surface area (Å²) < 4.78 is 0. The van der Waals surface area contributed by atoms with Gasteiger partial charge in [-0.3, -0.25) is 0 Å². The minimum absolute atomic E-state index is 1.05. The van der Waals surface area contributed by atoms with Gasteiger partial charge in [0.1, 0.15) is 0 Å². The molecule has 0 amide bonds. The van der Waals surface area contributed by atoms with E-state index >= 15 is 0 Å². The van der Waals surface area contributed by atoms with E-state index in [1.165, 1.54) is 11.4 Å². The number of rotatable bonds is 0. The van der Waals surface area contributed by atoms with Crippen molar-refractivity contribution in [3.8, 4) is 0 Å². The number of hydrogen-bond acceptors (Lipinski definition) is 2. The summed E-state index contributed by atoms with van der Waals surface area (Å²) in [5.74, 6) is 0. The van der Waals surface area contributed by atoms with Crippen LogP contribution in [0.4, 0.5) is 11.4 Å². The van der Waals surface area contributed by atoms with E-state index in [1.807, 2.05) is 0 Å². The molecule has 0 aliphatic carbocycles. The van der Waals surface area contributed by atoms with Crippen molar-refractivity contribution < 1.29 is 0 Å². The van der Waals surface area contributed by atoms with Crippen LogP contribution in [-0.2, 0) is 0 Å². The molecule has 1 aliphatic heterocycles. The lowest BCUT2D eigenvalue weighted by atomic mass is 10.2. The van der Waals surface area contributed by atoms with Gasteiger partial charge in [0.25, 0.3) is 0 Å². The second-order valence-electron chi connectivity index (χ2n) is 2.87. The quantitative estimate of drug-likeness (QED) is 0.600. The van der Waals surface area contributed by atoms with E-state index in [-0.39, 0.29) is 0 Å². The minimum Gasteiger partial charge on any atom is -0.382 e. The van der Waals surface area contributed by atoms with Crippen LogP contribution in [0.5, 0.6) is 0 Å². The van der Waals surface area contributed by atoms with Crippen molar-refractivity contribution >= 4 is 11.4 Å². The Morgan fingerprint density at radius 2 is 2.18 bits per heavy atom. The molecule has 58 valence electrons. The standard InChI is InChI=1S/C9H12N2/c1-11-7-6-10-8-4-2-3-5-9(8)11/h2-5,10H,6-7H2,1H3. The Morgan fingerprint density at radius 3 is 3.00 bits per heavy atom. The third kappa shape index (κ3) is 1.04. The zero-order valence-corrected chi connectivity index (χ0v) is 6.67. The summed E-state index contributed by atoms with van der Waals surface area (Å²) in [4.78, 5) is 2.27. The van der Waals surface area contributed by atoms with Gasteiger partial charge in [0.2, 0.25) is 0 Å². The van der Waals surface area contributed by atoms with E-state index in [9.17, 15) is 0 Å². The van der Waals surface area contributed by atoms with Crippen LogP contribution < -0.4 is 10.2 Å². The molecule has 0 fully saturated rings. The summed E-state index contributed by atoms with van der Waals surface area (Å²) in [6.45, 7) is 2.14. The largest absolute Gasteiger partial charge is 0.382 e. The van der Waals surface area contributed by atoms with Gasteiger partial charge < -0.3 is 10.2 Å². The number of para-hydroxylation sites is 2. The van der Waals surface area contributed by atoms with Gasteiger partial charge >= 0.3 is 0 Å². The van der Waals surface area contributed by atoms with Crippen molar-refractivity contribution in [2.75, 3.05) is 30.4 Å². The van der Waals surface area contributed by atoms with E-state index in [4.69, 9.17) is 0 Å². The molecule has 1 aliphatic rings. The Bertz CT molecular complexity index is 257. The van der Waals surface area contributed by atoms with Gasteiger partial charge in [0, 0.05) is 20.1 Å². The first kappa shape index (κ1) is 6.53. The number of likely N-dealkylation sites (N-methyl/N-ethyl adjacent to an activating group) is 1. The first-order valence-electron chi connectivity index (χ1n) is 3.92. The second kappa shape index (κ2) is 2.46. The van der Waals surface area contributed by atoms with Crippen molar-refractivity contribution in [1.82, 2.24) is 0 Å². The molecule has 2 rings (SSSR count). The van der Waals surface area contributed by atoms with Gasteiger partial charge in [-0.25, -0.2) is 0 Å². The zero-order chi connectivity index (χ0) is 7.68. The number of nitrogens with one attached hydrogen (secondary N) is 1. The van der Waals surface area contributed by atoms with Crippen molar-refractivity contribution in [3.63, 3.8) is 0 Å². The lowest BCUT2D eigenvalue weighted by molar-refractivity contribution is 0.887. The Labute approximate surface area is 66.8 Å². The Kier molecular flexibility index (Phi) is 1.46. The Morgan fingerprint density at radius 1 is 1.36 bits per heavy atom. The summed E-state index contributed by atoms with van der Waals surface area (Å²) in [6.07, 6.45) is 0. The van der Waals surface area contributed by atoms with Gasteiger partial charge in [0.05, 0.1) is 11.4 Å². The van der Waals surface area contributed by atoms with Crippen LogP contribution in [0.1, 0.15) is 0 Å². The van der Waals surface area contributed by atoms with Gasteiger partial charge in [-0.05, 0) is 12.1 Å². The normalized spacial score (nSPS) is 15.5. The second-order valence-corrected chi connectivity index (χ2v) is 2.87. The average molecular weight is 148 g/mol. The van der Waals surface area contributed by atoms with Gasteiger partial charge in [0.15, 0.2) is 0 Å². The molecule has 0 saturated heterocycles. The van der Waals surface area contributed by atoms with Crippen molar-refractivity contribution in [2.24, 2.45) is 0 Å². The van der Waals surface area contributed by atoms with Gasteiger partial charge in [-0.2, -0.15) is 0 Å². The number of nitrogens with zero attached hydrogens (tertiary/aromatic N) is 1. The molecule has 2 heteroatoms. The summed E-state index contributed by atoms with van der Waals surface area (Å²) in [5, 5.41) is 3.35. The van der Waals surface area contributed by atoms with Crippen LogP contribution in [0, 0.1) is 0 Å². The van der Waals surface area contributed by atoms with Crippen LogP contribution in [0.25, 0.3) is 0 Å². The van der Waals surface area contributed by atoms with E-state index in [0.29, 0.717) is 0 Å². The zero-order valence-electron chi connectivity index (χ0n) is 6.67. The predicted octanol–water partition coefficient (Wildman–Crippen LogP) is 1.55. The molecule has 0 saturated carbocycles. The molecule has 11 heavy (non-hydrogen) atoms. The highest BCUT2D eigenvalue weighted by molar-refractivity contribution is 5.71. The average Bonchev–Trinajstić information content (AvgIpc) is 2.06. The van der Waals surface area contributed by atoms with Crippen molar-refractivity contribution in [3.05, 3.63) is 24.3 Å². The number of benzene rings is 1. The summed E-state index contributed by atoms with van der Waals surface area (Å²) >= 11 is 0. The number of hydrogen-bond donors (Lipinski definition) is 1. The molecule has 0 radical (unpaired) electrons. The molecule has 0 bridgehead atoms. The fraction of sp³-hybridized carbons (Fsp3) is 0.333. The lowest BCUT2D eigenvalue weighted by Crippen LogP contribution is -2.30. The Hall–Kier alpha value is -1.18. The third-order valence-corrected chi connectivity index (χ3v) is 2.08. The molecular weight excluding hydrogens is 136 g/mol. The third-order valence-electron chi connectivity index (χ3n) is 2.08.